The summed E-state index contributed by atoms with van der Waals surface area (Å²) in [4.78, 5) is 18.0. The molecule has 1 aliphatic rings. The SMILES string of the molecule is COc1ccc(CN(C(=O)c2cc3c(C)cc(F)cc3[nH]2)[C@H]2CCS(=O)(=O)C2)cc1. The number of aryl methyl sites for hydroxylation is 1. The molecule has 4 rings (SSSR count). The summed E-state index contributed by atoms with van der Waals surface area (Å²) in [5, 5.41) is 0.767. The van der Waals surface area contributed by atoms with Crippen LogP contribution in [0.3, 0.4) is 0 Å². The first-order valence-electron chi connectivity index (χ1n) is 9.69. The zero-order valence-electron chi connectivity index (χ0n) is 16.8. The zero-order valence-corrected chi connectivity index (χ0v) is 17.6. The predicted molar refractivity (Wildman–Crippen MR) is 113 cm³/mol. The van der Waals surface area contributed by atoms with Gasteiger partial charge in [-0.25, -0.2) is 12.8 Å². The Hall–Kier alpha value is -2.87. The number of methoxy groups -OCH3 is 1. The van der Waals surface area contributed by atoms with Gasteiger partial charge in [-0.1, -0.05) is 12.1 Å². The van der Waals surface area contributed by atoms with E-state index in [1.54, 1.807) is 37.1 Å². The van der Waals surface area contributed by atoms with E-state index in [-0.39, 0.29) is 29.8 Å². The molecule has 1 amide bonds. The van der Waals surface area contributed by atoms with Gasteiger partial charge in [0.15, 0.2) is 9.84 Å². The van der Waals surface area contributed by atoms with E-state index in [1.165, 1.54) is 12.1 Å². The van der Waals surface area contributed by atoms with Gasteiger partial charge in [0, 0.05) is 23.5 Å². The Kier molecular flexibility index (Phi) is 5.27. The molecule has 0 aliphatic carbocycles. The molecule has 0 unspecified atom stereocenters. The molecule has 1 atom stereocenters. The summed E-state index contributed by atoms with van der Waals surface area (Å²) >= 11 is 0. The standard InChI is InChI=1S/C22H23FN2O4S/c1-14-9-16(23)10-20-19(14)11-21(24-20)22(26)25(17-7-8-30(27,28)13-17)12-15-3-5-18(29-2)6-4-15/h3-6,9-11,17,24H,7-8,12-13H2,1-2H3/t17-/m0/s1. The van der Waals surface area contributed by atoms with Crippen LogP contribution in [-0.4, -0.2) is 48.9 Å². The van der Waals surface area contributed by atoms with Crippen LogP contribution < -0.4 is 4.74 Å². The minimum atomic E-state index is -3.17. The number of ether oxygens (including phenoxy) is 1. The smallest absolute Gasteiger partial charge is 0.270 e. The molecule has 1 aromatic heterocycles. The van der Waals surface area contributed by atoms with Gasteiger partial charge in [-0.05, 0) is 54.8 Å². The molecule has 8 heteroatoms. The second-order valence-electron chi connectivity index (χ2n) is 7.70. The van der Waals surface area contributed by atoms with Crippen molar-refractivity contribution in [1.82, 2.24) is 9.88 Å². The molecule has 30 heavy (non-hydrogen) atoms. The predicted octanol–water partition coefficient (Wildman–Crippen LogP) is 3.45. The minimum Gasteiger partial charge on any atom is -0.497 e. The first-order valence-corrected chi connectivity index (χ1v) is 11.5. The van der Waals surface area contributed by atoms with E-state index in [4.69, 9.17) is 4.74 Å². The van der Waals surface area contributed by atoms with Crippen molar-refractivity contribution in [3.05, 3.63) is 65.1 Å². The Morgan fingerprint density at radius 1 is 1.23 bits per heavy atom. The fraction of sp³-hybridized carbons (Fsp3) is 0.318. The molecule has 1 fully saturated rings. The van der Waals surface area contributed by atoms with E-state index in [0.717, 1.165) is 16.5 Å². The van der Waals surface area contributed by atoms with Gasteiger partial charge in [-0.15, -0.1) is 0 Å². The number of H-pyrrole nitrogens is 1. The van der Waals surface area contributed by atoms with Crippen LogP contribution >= 0.6 is 0 Å². The molecule has 0 saturated carbocycles. The maximum Gasteiger partial charge on any atom is 0.270 e. The second kappa shape index (κ2) is 7.75. The van der Waals surface area contributed by atoms with Crippen molar-refractivity contribution in [1.29, 1.82) is 0 Å². The third-order valence-electron chi connectivity index (χ3n) is 5.56. The second-order valence-corrected chi connectivity index (χ2v) is 9.93. The van der Waals surface area contributed by atoms with Gasteiger partial charge in [0.05, 0.1) is 18.6 Å². The average molecular weight is 431 g/mol. The summed E-state index contributed by atoms with van der Waals surface area (Å²) in [6, 6.07) is 11.4. The number of hydrogen-bond donors (Lipinski definition) is 1. The number of nitrogens with zero attached hydrogens (tertiary/aromatic N) is 1. The van der Waals surface area contributed by atoms with Crippen molar-refractivity contribution in [3.8, 4) is 5.75 Å². The topological polar surface area (TPSA) is 79.5 Å². The van der Waals surface area contributed by atoms with E-state index >= 15 is 0 Å². The molecule has 2 aromatic carbocycles. The van der Waals surface area contributed by atoms with Crippen molar-refractivity contribution < 1.29 is 22.3 Å². The van der Waals surface area contributed by atoms with Crippen LogP contribution in [0.2, 0.25) is 0 Å². The average Bonchev–Trinajstić information content (AvgIpc) is 3.29. The quantitative estimate of drug-likeness (QED) is 0.672. The van der Waals surface area contributed by atoms with Crippen molar-refractivity contribution in [2.24, 2.45) is 0 Å². The fourth-order valence-corrected chi connectivity index (χ4v) is 5.69. The Morgan fingerprint density at radius 3 is 2.60 bits per heavy atom. The molecule has 3 aromatic rings. The Bertz CT molecular complexity index is 1200. The number of rotatable bonds is 5. The number of halogens is 1. The third-order valence-corrected chi connectivity index (χ3v) is 7.31. The van der Waals surface area contributed by atoms with E-state index in [1.807, 2.05) is 12.1 Å². The summed E-state index contributed by atoms with van der Waals surface area (Å²) < 4.78 is 43.1. The number of carbonyl (C=O) groups excluding carboxylic acids is 1. The monoisotopic (exact) mass is 430 g/mol. The van der Waals surface area contributed by atoms with Crippen molar-refractivity contribution in [2.45, 2.75) is 25.9 Å². The van der Waals surface area contributed by atoms with Crippen LogP contribution in [-0.2, 0) is 16.4 Å². The van der Waals surface area contributed by atoms with Gasteiger partial charge >= 0.3 is 0 Å². The lowest BCUT2D eigenvalue weighted by Gasteiger charge is -2.28. The number of aromatic amines is 1. The van der Waals surface area contributed by atoms with E-state index in [2.05, 4.69) is 4.98 Å². The number of carbonyl (C=O) groups is 1. The van der Waals surface area contributed by atoms with E-state index in [9.17, 15) is 17.6 Å². The van der Waals surface area contributed by atoms with Crippen LogP contribution in [0.5, 0.6) is 5.75 Å². The van der Waals surface area contributed by atoms with Crippen LogP contribution in [0.4, 0.5) is 4.39 Å². The fourth-order valence-electron chi connectivity index (χ4n) is 3.96. The highest BCUT2D eigenvalue weighted by molar-refractivity contribution is 7.91. The molecule has 0 bridgehead atoms. The summed E-state index contributed by atoms with van der Waals surface area (Å²) in [5.41, 5.74) is 2.45. The maximum atomic E-state index is 13.8. The third kappa shape index (κ3) is 4.05. The van der Waals surface area contributed by atoms with Crippen molar-refractivity contribution in [3.63, 3.8) is 0 Å². The molecule has 6 nitrogen and oxygen atoms in total. The highest BCUT2D eigenvalue weighted by atomic mass is 32.2. The number of aromatic nitrogens is 1. The Labute approximate surface area is 174 Å². The maximum absolute atomic E-state index is 13.8. The molecule has 158 valence electrons. The first-order chi connectivity index (χ1) is 14.3. The summed E-state index contributed by atoms with van der Waals surface area (Å²) in [6.45, 7) is 2.05. The number of amides is 1. The van der Waals surface area contributed by atoms with E-state index in [0.29, 0.717) is 23.4 Å². The summed E-state index contributed by atoms with van der Waals surface area (Å²) in [5.74, 6) is 0.0408. The Morgan fingerprint density at radius 2 is 1.97 bits per heavy atom. The molecule has 1 saturated heterocycles. The highest BCUT2D eigenvalue weighted by Gasteiger charge is 2.35. The molecule has 0 spiro atoms. The van der Waals surface area contributed by atoms with Crippen molar-refractivity contribution in [2.75, 3.05) is 18.6 Å². The molecular weight excluding hydrogens is 407 g/mol. The van der Waals surface area contributed by atoms with Gasteiger partial charge in [-0.2, -0.15) is 0 Å². The lowest BCUT2D eigenvalue weighted by molar-refractivity contribution is 0.0676. The Balaban J connectivity index is 1.69. The normalized spacial score (nSPS) is 17.9. The van der Waals surface area contributed by atoms with E-state index < -0.39 is 15.9 Å². The number of benzene rings is 2. The molecule has 0 radical (unpaired) electrons. The lowest BCUT2D eigenvalue weighted by atomic mass is 10.1. The zero-order chi connectivity index (χ0) is 21.5. The minimum absolute atomic E-state index is 0.0528. The molecule has 1 N–H and O–H groups in total. The van der Waals surface area contributed by atoms with Crippen LogP contribution in [0.1, 0.15) is 28.0 Å². The number of fused-ring (bicyclic) bond motifs is 1. The van der Waals surface area contributed by atoms with Gasteiger partial charge in [0.2, 0.25) is 0 Å². The van der Waals surface area contributed by atoms with Crippen LogP contribution in [0.25, 0.3) is 10.9 Å². The molecular formula is C22H23FN2O4S. The van der Waals surface area contributed by atoms with Gasteiger partial charge < -0.3 is 14.6 Å². The van der Waals surface area contributed by atoms with Gasteiger partial charge in [0.1, 0.15) is 17.3 Å². The largest absolute Gasteiger partial charge is 0.497 e. The molecule has 1 aliphatic heterocycles. The number of hydrogen-bond acceptors (Lipinski definition) is 4. The van der Waals surface area contributed by atoms with Gasteiger partial charge in [-0.3, -0.25) is 4.79 Å². The van der Waals surface area contributed by atoms with Gasteiger partial charge in [0.25, 0.3) is 5.91 Å². The number of nitrogens with one attached hydrogen (secondary N) is 1. The number of sulfone groups is 1. The summed E-state index contributed by atoms with van der Waals surface area (Å²) in [7, 11) is -1.59. The van der Waals surface area contributed by atoms with Crippen molar-refractivity contribution >= 4 is 26.6 Å². The summed E-state index contributed by atoms with van der Waals surface area (Å²) in [6.07, 6.45) is 0.401. The van der Waals surface area contributed by atoms with Crippen LogP contribution in [0, 0.1) is 12.7 Å². The first kappa shape index (κ1) is 20.4. The lowest BCUT2D eigenvalue weighted by Crippen LogP contribution is -2.40. The highest BCUT2D eigenvalue weighted by Crippen LogP contribution is 2.26. The van der Waals surface area contributed by atoms with Crippen LogP contribution in [0.15, 0.2) is 42.5 Å². The molecule has 2 heterocycles.